The molecule has 1 heterocycles. The van der Waals surface area contributed by atoms with Gasteiger partial charge in [-0.25, -0.2) is 0 Å². The van der Waals surface area contributed by atoms with Crippen molar-refractivity contribution in [2.24, 2.45) is 34.5 Å². The summed E-state index contributed by atoms with van der Waals surface area (Å²) in [5.41, 5.74) is -4.25. The van der Waals surface area contributed by atoms with Crippen LogP contribution < -0.4 is 0 Å². The Balaban J connectivity index is 1.68. The normalized spacial score (nSPS) is 64.1. The fourth-order valence-electron chi connectivity index (χ4n) is 10.5. The molecule has 13 atom stereocenters. The second-order valence-corrected chi connectivity index (χ2v) is 11.4. The predicted octanol–water partition coefficient (Wildman–Crippen LogP) is -1.04. The summed E-state index contributed by atoms with van der Waals surface area (Å²) in [5, 5.41) is 58.4. The van der Waals surface area contributed by atoms with Crippen molar-refractivity contribution in [1.29, 1.82) is 0 Å². The maximum Gasteiger partial charge on any atom is 0.136 e. The van der Waals surface area contributed by atoms with E-state index in [1.807, 2.05) is 6.92 Å². The van der Waals surface area contributed by atoms with Crippen LogP contribution >= 0.6 is 0 Å². The number of aliphatic hydroxyl groups excluding tert-OH is 4. The van der Waals surface area contributed by atoms with Gasteiger partial charge in [-0.05, 0) is 31.7 Å². The maximum atomic E-state index is 12.7. The first-order chi connectivity index (χ1) is 14.7. The number of ether oxygens (including phenoxy) is 2. The SMILES string of the molecule is CCN1C[C@]2(CO)CC[C@H](O)[C@@]34[C@@H]5C[C@H]6[C@H](O)[C@@H]5[C@](OC)(C[C@@H]6OC)[C@](O)([C@H](O)[C@H]23)[C@@H]14. The summed E-state index contributed by atoms with van der Waals surface area (Å²) in [4.78, 5) is 2.18. The Hall–Kier alpha value is -0.320. The minimum atomic E-state index is -1.68. The monoisotopic (exact) mass is 439 g/mol. The van der Waals surface area contributed by atoms with Crippen LogP contribution in [-0.2, 0) is 9.47 Å². The second kappa shape index (κ2) is 6.21. The molecular weight excluding hydrogens is 402 g/mol. The molecule has 7 bridgehead atoms. The summed E-state index contributed by atoms with van der Waals surface area (Å²) in [6, 6.07) is -0.497. The van der Waals surface area contributed by atoms with Crippen LogP contribution in [0.2, 0.25) is 0 Å². The van der Waals surface area contributed by atoms with E-state index in [2.05, 4.69) is 4.90 Å². The number of fused-ring (bicyclic) bond motifs is 2. The Kier molecular flexibility index (Phi) is 4.26. The lowest BCUT2D eigenvalue weighted by Crippen LogP contribution is -2.82. The predicted molar refractivity (Wildman–Crippen MR) is 109 cm³/mol. The third-order valence-corrected chi connectivity index (χ3v) is 11.2. The molecule has 0 unspecified atom stereocenters. The lowest BCUT2D eigenvalue weighted by atomic mass is 9.42. The molecule has 1 spiro atoms. The molecule has 0 aromatic heterocycles. The number of likely N-dealkylation sites (N-methyl/N-ethyl adjacent to an activating group) is 1. The van der Waals surface area contributed by atoms with Crippen molar-refractivity contribution in [3.05, 3.63) is 0 Å². The average molecular weight is 440 g/mol. The van der Waals surface area contributed by atoms with Crippen molar-refractivity contribution in [3.8, 4) is 0 Å². The molecule has 8 heteroatoms. The van der Waals surface area contributed by atoms with Crippen LogP contribution in [0.5, 0.6) is 0 Å². The van der Waals surface area contributed by atoms with Crippen LogP contribution in [0.3, 0.4) is 0 Å². The number of piperidine rings is 1. The standard InChI is InChI=1S/C23H37NO7/c1-4-24-9-20(10-25)6-5-14(26)22-12-7-11-13(30-2)8-21(31-3,15(12)16(11)27)23(29,19(22)24)18(28)17(20)22/h11-19,25-29H,4-10H2,1-3H3/t11-,12-,13+,14+,15-,16+,17-,18-,19+,20+,21-,22+,23+/m1/s1. The maximum absolute atomic E-state index is 12.7. The van der Waals surface area contributed by atoms with E-state index in [0.717, 1.165) is 0 Å². The van der Waals surface area contributed by atoms with Crippen LogP contribution in [0, 0.1) is 34.5 Å². The topological polar surface area (TPSA) is 123 Å². The number of rotatable bonds is 4. The summed E-state index contributed by atoms with van der Waals surface area (Å²) in [6.45, 7) is 3.16. The smallest absolute Gasteiger partial charge is 0.136 e. The van der Waals surface area contributed by atoms with Crippen LogP contribution in [0.25, 0.3) is 0 Å². The Morgan fingerprint density at radius 3 is 2.52 bits per heavy atom. The fourth-order valence-corrected chi connectivity index (χ4v) is 10.5. The minimum Gasteiger partial charge on any atom is -0.396 e. The highest BCUT2D eigenvalue weighted by molar-refractivity contribution is 5.41. The zero-order valence-electron chi connectivity index (χ0n) is 18.6. The first kappa shape index (κ1) is 21.2. The van der Waals surface area contributed by atoms with E-state index in [1.165, 1.54) is 0 Å². The van der Waals surface area contributed by atoms with Gasteiger partial charge in [-0.15, -0.1) is 0 Å². The number of nitrogens with zero attached hydrogens (tertiary/aromatic N) is 1. The molecule has 5 saturated carbocycles. The highest BCUT2D eigenvalue weighted by Crippen LogP contribution is 2.80. The Morgan fingerprint density at radius 1 is 1.16 bits per heavy atom. The Labute approximate surface area is 183 Å². The highest BCUT2D eigenvalue weighted by atomic mass is 16.5. The van der Waals surface area contributed by atoms with Crippen LogP contribution in [0.4, 0.5) is 0 Å². The van der Waals surface area contributed by atoms with E-state index >= 15 is 0 Å². The minimum absolute atomic E-state index is 0.0907. The molecule has 8 nitrogen and oxygen atoms in total. The van der Waals surface area contributed by atoms with Crippen LogP contribution in [0.1, 0.15) is 32.6 Å². The van der Waals surface area contributed by atoms with Crippen LogP contribution in [-0.4, -0.2) is 106 Å². The largest absolute Gasteiger partial charge is 0.396 e. The fraction of sp³-hybridized carbons (Fsp3) is 1.00. The van der Waals surface area contributed by atoms with E-state index < -0.39 is 58.2 Å². The summed E-state index contributed by atoms with van der Waals surface area (Å²) < 4.78 is 12.0. The number of hydrogen-bond donors (Lipinski definition) is 5. The zero-order chi connectivity index (χ0) is 22.1. The lowest BCUT2D eigenvalue weighted by Gasteiger charge is -2.70. The van der Waals surface area contributed by atoms with Gasteiger partial charge in [-0.3, -0.25) is 4.90 Å². The van der Waals surface area contributed by atoms with Gasteiger partial charge in [-0.2, -0.15) is 0 Å². The summed E-state index contributed by atoms with van der Waals surface area (Å²) in [5.74, 6) is -1.06. The molecule has 6 rings (SSSR count). The zero-order valence-corrected chi connectivity index (χ0v) is 18.6. The van der Waals surface area contributed by atoms with E-state index in [0.29, 0.717) is 38.8 Å². The molecule has 1 saturated heterocycles. The Morgan fingerprint density at radius 2 is 1.90 bits per heavy atom. The first-order valence-electron chi connectivity index (χ1n) is 11.9. The molecule has 176 valence electrons. The number of hydrogen-bond acceptors (Lipinski definition) is 8. The van der Waals surface area contributed by atoms with Crippen molar-refractivity contribution >= 4 is 0 Å². The number of aliphatic hydroxyl groups is 5. The molecule has 6 fully saturated rings. The molecule has 0 aromatic carbocycles. The van der Waals surface area contributed by atoms with Gasteiger partial charge >= 0.3 is 0 Å². The van der Waals surface area contributed by atoms with E-state index in [-0.39, 0.29) is 24.5 Å². The number of methoxy groups -OCH3 is 2. The van der Waals surface area contributed by atoms with Gasteiger partial charge < -0.3 is 35.0 Å². The van der Waals surface area contributed by atoms with Crippen LogP contribution in [0.15, 0.2) is 0 Å². The van der Waals surface area contributed by atoms with Gasteiger partial charge in [0.05, 0.1) is 37.1 Å². The van der Waals surface area contributed by atoms with Crippen molar-refractivity contribution in [1.82, 2.24) is 4.90 Å². The summed E-state index contributed by atoms with van der Waals surface area (Å²) in [7, 11) is 3.20. The van der Waals surface area contributed by atoms with Gasteiger partial charge in [0.1, 0.15) is 11.2 Å². The third-order valence-electron chi connectivity index (χ3n) is 11.2. The first-order valence-corrected chi connectivity index (χ1v) is 11.9. The van der Waals surface area contributed by atoms with Gasteiger partial charge in [0.25, 0.3) is 0 Å². The molecule has 0 amide bonds. The van der Waals surface area contributed by atoms with Gasteiger partial charge in [0.15, 0.2) is 0 Å². The average Bonchev–Trinajstić information content (AvgIpc) is 3.11. The molecule has 5 N–H and O–H groups in total. The molecule has 1 aliphatic heterocycles. The van der Waals surface area contributed by atoms with E-state index in [9.17, 15) is 25.5 Å². The van der Waals surface area contributed by atoms with Crippen molar-refractivity contribution < 1.29 is 35.0 Å². The summed E-state index contributed by atoms with van der Waals surface area (Å²) >= 11 is 0. The van der Waals surface area contributed by atoms with Gasteiger partial charge in [-0.1, -0.05) is 6.92 Å². The van der Waals surface area contributed by atoms with Gasteiger partial charge in [0, 0.05) is 55.8 Å². The van der Waals surface area contributed by atoms with Crippen molar-refractivity contribution in [3.63, 3.8) is 0 Å². The highest BCUT2D eigenvalue weighted by Gasteiger charge is 2.91. The Bertz CT molecular complexity index is 783. The molecule has 0 aromatic rings. The van der Waals surface area contributed by atoms with Gasteiger partial charge in [0.2, 0.25) is 0 Å². The number of likely N-dealkylation sites (tertiary alicyclic amines) is 1. The van der Waals surface area contributed by atoms with E-state index in [1.54, 1.807) is 14.2 Å². The second-order valence-electron chi connectivity index (χ2n) is 11.4. The quantitative estimate of drug-likeness (QED) is 0.377. The molecule has 31 heavy (non-hydrogen) atoms. The van der Waals surface area contributed by atoms with Crippen molar-refractivity contribution in [2.75, 3.05) is 33.9 Å². The molecular formula is C23H37NO7. The summed E-state index contributed by atoms with van der Waals surface area (Å²) in [6.07, 6.45) is -0.692. The van der Waals surface area contributed by atoms with E-state index in [4.69, 9.17) is 9.47 Å². The molecule has 5 aliphatic carbocycles. The third kappa shape index (κ3) is 1.86. The molecule has 6 aliphatic rings. The van der Waals surface area contributed by atoms with Crippen molar-refractivity contribution in [2.45, 2.75) is 74.3 Å². The molecule has 0 radical (unpaired) electrons. The lowest BCUT2D eigenvalue weighted by molar-refractivity contribution is -0.323.